The largest absolute Gasteiger partial charge is 0.342 e. The van der Waals surface area contributed by atoms with Crippen LogP contribution in [0.5, 0.6) is 0 Å². The van der Waals surface area contributed by atoms with E-state index in [0.29, 0.717) is 13.1 Å². The summed E-state index contributed by atoms with van der Waals surface area (Å²) in [6.07, 6.45) is 5.18. The maximum Gasteiger partial charge on any atom is 0.236 e. The van der Waals surface area contributed by atoms with Crippen LogP contribution in [-0.2, 0) is 15.6 Å². The predicted octanol–water partition coefficient (Wildman–Crippen LogP) is 0.356. The summed E-state index contributed by atoms with van der Waals surface area (Å²) in [6.45, 7) is 4.74. The van der Waals surface area contributed by atoms with Crippen LogP contribution in [-0.4, -0.2) is 52.7 Å². The van der Waals surface area contributed by atoms with Crippen molar-refractivity contribution in [2.24, 2.45) is 0 Å². The highest BCUT2D eigenvalue weighted by Gasteiger charge is 2.16. The molecule has 0 aliphatic carbocycles. The molecule has 0 saturated carbocycles. The molecular formula is C11H22N2O2S. The summed E-state index contributed by atoms with van der Waals surface area (Å²) in [6, 6.07) is 0. The molecule has 94 valence electrons. The molecule has 0 aromatic heterocycles. The van der Waals surface area contributed by atoms with E-state index >= 15 is 0 Å². The quantitative estimate of drug-likeness (QED) is 0.762. The number of nitrogens with zero attached hydrogens (tertiary/aromatic N) is 1. The topological polar surface area (TPSA) is 49.4 Å². The highest BCUT2D eigenvalue weighted by atomic mass is 32.2. The zero-order chi connectivity index (χ0) is 12.0. The standard InChI is InChI=1S/C11H22N2O2S/c1-10(16(2)15)8-12-9-11(14)13-6-4-3-5-7-13/h10,12H,3-9H2,1-2H3. The zero-order valence-corrected chi connectivity index (χ0v) is 11.0. The summed E-state index contributed by atoms with van der Waals surface area (Å²) < 4.78 is 11.1. The first-order valence-corrected chi connectivity index (χ1v) is 7.54. The molecule has 0 spiro atoms. The summed E-state index contributed by atoms with van der Waals surface area (Å²) in [7, 11) is -0.817. The first-order valence-electron chi connectivity index (χ1n) is 5.92. The van der Waals surface area contributed by atoms with Crippen LogP contribution in [0, 0.1) is 0 Å². The minimum Gasteiger partial charge on any atom is -0.342 e. The van der Waals surface area contributed by atoms with Crippen LogP contribution in [0.15, 0.2) is 0 Å². The van der Waals surface area contributed by atoms with Gasteiger partial charge in [0, 0.05) is 41.9 Å². The molecule has 0 radical (unpaired) electrons. The van der Waals surface area contributed by atoms with Crippen LogP contribution in [0.25, 0.3) is 0 Å². The molecule has 2 unspecified atom stereocenters. The lowest BCUT2D eigenvalue weighted by Crippen LogP contribution is -2.42. The number of carbonyl (C=O) groups excluding carboxylic acids is 1. The highest BCUT2D eigenvalue weighted by molar-refractivity contribution is 7.84. The van der Waals surface area contributed by atoms with Crippen molar-refractivity contribution >= 4 is 16.7 Å². The van der Waals surface area contributed by atoms with Gasteiger partial charge in [0.25, 0.3) is 0 Å². The van der Waals surface area contributed by atoms with Gasteiger partial charge in [0.2, 0.25) is 5.91 Å². The minimum absolute atomic E-state index is 0.106. The van der Waals surface area contributed by atoms with Crippen LogP contribution in [0.3, 0.4) is 0 Å². The van der Waals surface area contributed by atoms with E-state index in [1.165, 1.54) is 6.42 Å². The van der Waals surface area contributed by atoms with Crippen molar-refractivity contribution in [3.63, 3.8) is 0 Å². The fourth-order valence-electron chi connectivity index (χ4n) is 1.75. The Labute approximate surface area is 100 Å². The van der Waals surface area contributed by atoms with Crippen molar-refractivity contribution in [1.29, 1.82) is 0 Å². The van der Waals surface area contributed by atoms with Crippen molar-refractivity contribution < 1.29 is 9.00 Å². The highest BCUT2D eigenvalue weighted by Crippen LogP contribution is 2.08. The molecule has 0 aromatic rings. The average molecular weight is 246 g/mol. The van der Waals surface area contributed by atoms with Crippen LogP contribution in [0.1, 0.15) is 26.2 Å². The van der Waals surface area contributed by atoms with Gasteiger partial charge < -0.3 is 10.2 Å². The molecule has 1 saturated heterocycles. The number of piperidine rings is 1. The number of hydrogen-bond donors (Lipinski definition) is 1. The van der Waals surface area contributed by atoms with E-state index in [1.807, 2.05) is 11.8 Å². The normalized spacial score (nSPS) is 20.5. The molecule has 1 N–H and O–H groups in total. The molecular weight excluding hydrogens is 224 g/mol. The predicted molar refractivity (Wildman–Crippen MR) is 66.8 cm³/mol. The van der Waals surface area contributed by atoms with Crippen LogP contribution >= 0.6 is 0 Å². The summed E-state index contributed by atoms with van der Waals surface area (Å²) in [5, 5.41) is 3.18. The Bertz CT molecular complexity index is 252. The Morgan fingerprint density at radius 3 is 2.56 bits per heavy atom. The van der Waals surface area contributed by atoms with E-state index in [-0.39, 0.29) is 11.2 Å². The van der Waals surface area contributed by atoms with Crippen molar-refractivity contribution in [3.8, 4) is 0 Å². The molecule has 16 heavy (non-hydrogen) atoms. The Kier molecular flexibility index (Phi) is 5.98. The second kappa shape index (κ2) is 7.01. The third kappa shape index (κ3) is 4.61. The van der Waals surface area contributed by atoms with Gasteiger partial charge in [-0.3, -0.25) is 9.00 Å². The molecule has 5 heteroatoms. The van der Waals surface area contributed by atoms with Crippen molar-refractivity contribution in [2.45, 2.75) is 31.4 Å². The Balaban J connectivity index is 2.16. The van der Waals surface area contributed by atoms with Crippen LogP contribution in [0.4, 0.5) is 0 Å². The Hall–Kier alpha value is -0.420. The third-order valence-corrected chi connectivity index (χ3v) is 4.28. The van der Waals surface area contributed by atoms with E-state index in [9.17, 15) is 9.00 Å². The lowest BCUT2D eigenvalue weighted by Gasteiger charge is -2.27. The third-order valence-electron chi connectivity index (χ3n) is 2.98. The SMILES string of the molecule is CC(CNCC(=O)N1CCCCC1)S(C)=O. The second-order valence-electron chi connectivity index (χ2n) is 4.38. The van der Waals surface area contributed by atoms with E-state index in [4.69, 9.17) is 0 Å². The molecule has 1 aliphatic heterocycles. The Morgan fingerprint density at radius 2 is 2.00 bits per heavy atom. The van der Waals surface area contributed by atoms with Gasteiger partial charge in [-0.05, 0) is 26.2 Å². The van der Waals surface area contributed by atoms with Crippen molar-refractivity contribution in [3.05, 3.63) is 0 Å². The van der Waals surface area contributed by atoms with Gasteiger partial charge in [0.15, 0.2) is 0 Å². The number of hydrogen-bond acceptors (Lipinski definition) is 3. The average Bonchev–Trinajstić information content (AvgIpc) is 2.29. The summed E-state index contributed by atoms with van der Waals surface area (Å²) >= 11 is 0. The fourth-order valence-corrected chi connectivity index (χ4v) is 2.11. The monoisotopic (exact) mass is 246 g/mol. The fraction of sp³-hybridized carbons (Fsp3) is 0.909. The summed E-state index contributed by atoms with van der Waals surface area (Å²) in [4.78, 5) is 13.7. The number of likely N-dealkylation sites (tertiary alicyclic amines) is 1. The Morgan fingerprint density at radius 1 is 1.38 bits per heavy atom. The molecule has 1 heterocycles. The van der Waals surface area contributed by atoms with Crippen molar-refractivity contribution in [1.82, 2.24) is 10.2 Å². The van der Waals surface area contributed by atoms with Gasteiger partial charge in [-0.1, -0.05) is 0 Å². The number of rotatable bonds is 5. The maximum absolute atomic E-state index is 11.7. The molecule has 0 bridgehead atoms. The van der Waals surface area contributed by atoms with Crippen molar-refractivity contribution in [2.75, 3.05) is 32.4 Å². The zero-order valence-electron chi connectivity index (χ0n) is 10.2. The summed E-state index contributed by atoms with van der Waals surface area (Å²) in [5.41, 5.74) is 0. The van der Waals surface area contributed by atoms with Gasteiger partial charge >= 0.3 is 0 Å². The first kappa shape index (κ1) is 13.6. The smallest absolute Gasteiger partial charge is 0.236 e. The molecule has 1 rings (SSSR count). The second-order valence-corrected chi connectivity index (χ2v) is 6.18. The molecule has 1 amide bonds. The minimum atomic E-state index is -0.817. The number of amides is 1. The number of carbonyl (C=O) groups is 1. The van der Waals surface area contributed by atoms with Gasteiger partial charge in [-0.2, -0.15) is 0 Å². The van der Waals surface area contributed by atoms with Gasteiger partial charge in [-0.15, -0.1) is 0 Å². The lowest BCUT2D eigenvalue weighted by molar-refractivity contribution is -0.131. The van der Waals surface area contributed by atoms with E-state index in [2.05, 4.69) is 5.32 Å². The number of nitrogens with one attached hydrogen (secondary N) is 1. The molecule has 4 nitrogen and oxygen atoms in total. The lowest BCUT2D eigenvalue weighted by atomic mass is 10.1. The van der Waals surface area contributed by atoms with E-state index in [0.717, 1.165) is 25.9 Å². The van der Waals surface area contributed by atoms with Crippen LogP contribution in [0.2, 0.25) is 0 Å². The van der Waals surface area contributed by atoms with Gasteiger partial charge in [0.05, 0.1) is 6.54 Å². The molecule has 1 fully saturated rings. The van der Waals surface area contributed by atoms with E-state index < -0.39 is 10.8 Å². The van der Waals surface area contributed by atoms with Gasteiger partial charge in [-0.25, -0.2) is 0 Å². The maximum atomic E-state index is 11.7. The summed E-state index contributed by atoms with van der Waals surface area (Å²) in [5.74, 6) is 0.175. The van der Waals surface area contributed by atoms with Gasteiger partial charge in [0.1, 0.15) is 0 Å². The molecule has 1 aliphatic rings. The van der Waals surface area contributed by atoms with E-state index in [1.54, 1.807) is 6.26 Å². The molecule has 0 aromatic carbocycles. The molecule has 2 atom stereocenters. The first-order chi connectivity index (χ1) is 7.61. The van der Waals surface area contributed by atoms with Crippen LogP contribution < -0.4 is 5.32 Å².